The van der Waals surface area contributed by atoms with E-state index in [1.54, 1.807) is 0 Å². The van der Waals surface area contributed by atoms with E-state index in [1.807, 2.05) is 41.8 Å². The Balaban J connectivity index is 1.86. The van der Waals surface area contributed by atoms with E-state index < -0.39 is 0 Å². The molecule has 0 saturated heterocycles. The fourth-order valence-corrected chi connectivity index (χ4v) is 4.21. The molecule has 2 N–H and O–H groups in total. The molecule has 1 aliphatic carbocycles. The topological polar surface area (TPSA) is 60.9 Å². The third kappa shape index (κ3) is 3.67. The molecule has 4 nitrogen and oxygen atoms in total. The fourth-order valence-electron chi connectivity index (χ4n) is 4.21. The Morgan fingerprint density at radius 2 is 1.85 bits per heavy atom. The molecule has 1 aliphatic rings. The summed E-state index contributed by atoms with van der Waals surface area (Å²) in [5.41, 5.74) is 9.97. The number of aryl methyl sites for hydroxylation is 1. The molecule has 4 rings (SSSR count). The standard InChI is InChI=1S/C23H27N3O/c1-16-10-11-21-20(12-16)23(27)26(15-18-7-5-6-17(13-18)14-24)22(25-21)19-8-3-2-4-9-19/h5-7,10-13,19H,2-4,8-9,14-15,24H2,1H3. The van der Waals surface area contributed by atoms with Gasteiger partial charge in [-0.3, -0.25) is 9.36 Å². The van der Waals surface area contributed by atoms with E-state index in [1.165, 1.54) is 19.3 Å². The van der Waals surface area contributed by atoms with E-state index in [-0.39, 0.29) is 5.56 Å². The van der Waals surface area contributed by atoms with Gasteiger partial charge in [0.25, 0.3) is 5.56 Å². The lowest BCUT2D eigenvalue weighted by atomic mass is 9.88. The van der Waals surface area contributed by atoms with Crippen molar-refractivity contribution < 1.29 is 0 Å². The van der Waals surface area contributed by atoms with Crippen LogP contribution in [0.5, 0.6) is 0 Å². The van der Waals surface area contributed by atoms with Crippen LogP contribution in [-0.4, -0.2) is 9.55 Å². The molecular weight excluding hydrogens is 334 g/mol. The molecule has 0 radical (unpaired) electrons. The van der Waals surface area contributed by atoms with Crippen molar-refractivity contribution in [3.8, 4) is 0 Å². The van der Waals surface area contributed by atoms with Crippen molar-refractivity contribution in [2.75, 3.05) is 0 Å². The highest BCUT2D eigenvalue weighted by Crippen LogP contribution is 2.32. The van der Waals surface area contributed by atoms with Crippen LogP contribution in [0.4, 0.5) is 0 Å². The van der Waals surface area contributed by atoms with Crippen molar-refractivity contribution in [1.29, 1.82) is 0 Å². The average Bonchev–Trinajstić information content (AvgIpc) is 2.71. The maximum absolute atomic E-state index is 13.4. The second-order valence-electron chi connectivity index (χ2n) is 7.74. The molecule has 1 heterocycles. The number of benzene rings is 2. The van der Waals surface area contributed by atoms with Crippen LogP contribution in [0.2, 0.25) is 0 Å². The Hall–Kier alpha value is -2.46. The van der Waals surface area contributed by atoms with Crippen molar-refractivity contribution in [1.82, 2.24) is 9.55 Å². The maximum Gasteiger partial charge on any atom is 0.261 e. The summed E-state index contributed by atoms with van der Waals surface area (Å²) in [5, 5.41) is 0.713. The smallest absolute Gasteiger partial charge is 0.261 e. The molecule has 0 atom stereocenters. The molecule has 27 heavy (non-hydrogen) atoms. The quantitative estimate of drug-likeness (QED) is 0.755. The molecule has 0 unspecified atom stereocenters. The largest absolute Gasteiger partial charge is 0.326 e. The van der Waals surface area contributed by atoms with Crippen LogP contribution in [0.3, 0.4) is 0 Å². The number of aromatic nitrogens is 2. The summed E-state index contributed by atoms with van der Waals surface area (Å²) in [6, 6.07) is 14.2. The van der Waals surface area contributed by atoms with Crippen molar-refractivity contribution in [2.45, 2.75) is 58.0 Å². The molecular formula is C23H27N3O. The second-order valence-corrected chi connectivity index (χ2v) is 7.74. The molecule has 140 valence electrons. The Bertz CT molecular complexity index is 1020. The molecule has 1 saturated carbocycles. The summed E-state index contributed by atoms with van der Waals surface area (Å²) in [7, 11) is 0. The molecule has 4 heteroatoms. The van der Waals surface area contributed by atoms with E-state index in [2.05, 4.69) is 12.1 Å². The number of hydrogen-bond acceptors (Lipinski definition) is 3. The summed E-state index contributed by atoms with van der Waals surface area (Å²) in [4.78, 5) is 18.4. The summed E-state index contributed by atoms with van der Waals surface area (Å²) in [6.07, 6.45) is 5.95. The van der Waals surface area contributed by atoms with Gasteiger partial charge < -0.3 is 5.73 Å². The van der Waals surface area contributed by atoms with E-state index in [0.29, 0.717) is 24.4 Å². The predicted octanol–water partition coefficient (Wildman–Crippen LogP) is 4.26. The van der Waals surface area contributed by atoms with Crippen molar-refractivity contribution >= 4 is 10.9 Å². The van der Waals surface area contributed by atoms with Gasteiger partial charge in [-0.2, -0.15) is 0 Å². The summed E-state index contributed by atoms with van der Waals surface area (Å²) in [6.45, 7) is 3.08. The highest BCUT2D eigenvalue weighted by Gasteiger charge is 2.22. The summed E-state index contributed by atoms with van der Waals surface area (Å²) in [5.74, 6) is 1.32. The molecule has 0 spiro atoms. The summed E-state index contributed by atoms with van der Waals surface area (Å²) >= 11 is 0. The number of nitrogens with zero attached hydrogens (tertiary/aromatic N) is 2. The van der Waals surface area contributed by atoms with Crippen LogP contribution in [0.15, 0.2) is 47.3 Å². The molecule has 1 aromatic heterocycles. The molecule has 0 bridgehead atoms. The Morgan fingerprint density at radius 1 is 1.07 bits per heavy atom. The zero-order valence-electron chi connectivity index (χ0n) is 15.9. The number of rotatable bonds is 4. The lowest BCUT2D eigenvalue weighted by Gasteiger charge is -2.25. The van der Waals surface area contributed by atoms with Crippen LogP contribution in [0.1, 0.15) is 60.5 Å². The van der Waals surface area contributed by atoms with Gasteiger partial charge >= 0.3 is 0 Å². The Kier molecular flexibility index (Phi) is 5.08. The third-order valence-electron chi connectivity index (χ3n) is 5.68. The first-order chi connectivity index (χ1) is 13.2. The van der Waals surface area contributed by atoms with Gasteiger partial charge in [-0.25, -0.2) is 4.98 Å². The van der Waals surface area contributed by atoms with E-state index in [4.69, 9.17) is 10.7 Å². The fraction of sp³-hybridized carbons (Fsp3) is 0.391. The lowest BCUT2D eigenvalue weighted by Crippen LogP contribution is -2.28. The average molecular weight is 361 g/mol. The number of nitrogens with two attached hydrogens (primary N) is 1. The zero-order chi connectivity index (χ0) is 18.8. The molecule has 3 aromatic rings. The van der Waals surface area contributed by atoms with Gasteiger partial charge in [-0.1, -0.05) is 55.2 Å². The molecule has 1 fully saturated rings. The minimum Gasteiger partial charge on any atom is -0.326 e. The first-order valence-corrected chi connectivity index (χ1v) is 9.94. The third-order valence-corrected chi connectivity index (χ3v) is 5.68. The van der Waals surface area contributed by atoms with Crippen LogP contribution in [0, 0.1) is 6.92 Å². The minimum atomic E-state index is 0.0717. The van der Waals surface area contributed by atoms with E-state index >= 15 is 0 Å². The highest BCUT2D eigenvalue weighted by molar-refractivity contribution is 5.78. The normalized spacial score (nSPS) is 15.3. The SMILES string of the molecule is Cc1ccc2nc(C3CCCCC3)n(Cc3cccc(CN)c3)c(=O)c2c1. The van der Waals surface area contributed by atoms with Gasteiger partial charge in [0.05, 0.1) is 17.4 Å². The minimum absolute atomic E-state index is 0.0717. The van der Waals surface area contributed by atoms with Crippen molar-refractivity contribution in [3.05, 3.63) is 75.3 Å². The lowest BCUT2D eigenvalue weighted by molar-refractivity contribution is 0.413. The van der Waals surface area contributed by atoms with Gasteiger partial charge in [0, 0.05) is 12.5 Å². The zero-order valence-corrected chi connectivity index (χ0v) is 15.9. The maximum atomic E-state index is 13.4. The highest BCUT2D eigenvalue weighted by atomic mass is 16.1. The van der Waals surface area contributed by atoms with Crippen LogP contribution < -0.4 is 11.3 Å². The number of hydrogen-bond donors (Lipinski definition) is 1. The molecule has 0 aliphatic heterocycles. The molecule has 0 amide bonds. The van der Waals surface area contributed by atoms with Crippen molar-refractivity contribution in [3.63, 3.8) is 0 Å². The Morgan fingerprint density at radius 3 is 2.63 bits per heavy atom. The van der Waals surface area contributed by atoms with Crippen molar-refractivity contribution in [2.24, 2.45) is 5.73 Å². The molecule has 2 aromatic carbocycles. The van der Waals surface area contributed by atoms with Crippen LogP contribution >= 0.6 is 0 Å². The predicted molar refractivity (Wildman–Crippen MR) is 110 cm³/mol. The summed E-state index contributed by atoms with van der Waals surface area (Å²) < 4.78 is 1.91. The van der Waals surface area contributed by atoms with E-state index in [0.717, 1.165) is 40.9 Å². The Labute approximate surface area is 160 Å². The van der Waals surface area contributed by atoms with Gasteiger partial charge in [0.15, 0.2) is 0 Å². The van der Waals surface area contributed by atoms with E-state index in [9.17, 15) is 4.79 Å². The van der Waals surface area contributed by atoms with Gasteiger partial charge in [0.2, 0.25) is 0 Å². The van der Waals surface area contributed by atoms with Crippen LogP contribution in [-0.2, 0) is 13.1 Å². The first kappa shape index (κ1) is 17.9. The first-order valence-electron chi connectivity index (χ1n) is 9.94. The van der Waals surface area contributed by atoms with Gasteiger partial charge in [-0.05, 0) is 43.0 Å². The number of fused-ring (bicyclic) bond motifs is 1. The van der Waals surface area contributed by atoms with Crippen LogP contribution in [0.25, 0.3) is 10.9 Å². The monoisotopic (exact) mass is 361 g/mol. The van der Waals surface area contributed by atoms with Gasteiger partial charge in [0.1, 0.15) is 5.82 Å². The second kappa shape index (κ2) is 7.65. The van der Waals surface area contributed by atoms with Gasteiger partial charge in [-0.15, -0.1) is 0 Å².